The number of hydrogen-bond donors (Lipinski definition) is 4. The van der Waals surface area contributed by atoms with Gasteiger partial charge in [-0.25, -0.2) is 0 Å². The Labute approximate surface area is 195 Å². The number of aryl methyl sites for hydroxylation is 1. The molecule has 0 saturated carbocycles. The van der Waals surface area contributed by atoms with Crippen LogP contribution in [0.2, 0.25) is 5.02 Å². The van der Waals surface area contributed by atoms with Crippen LogP contribution in [0.25, 0.3) is 11.0 Å². The summed E-state index contributed by atoms with van der Waals surface area (Å²) in [5.74, 6) is 1.67. The second-order valence-corrected chi connectivity index (χ2v) is 8.49. The minimum atomic E-state index is -1.52. The lowest BCUT2D eigenvalue weighted by Gasteiger charge is -2.40. The topological polar surface area (TPSA) is 122 Å². The van der Waals surface area contributed by atoms with E-state index in [0.29, 0.717) is 39.5 Å². The molecule has 0 radical (unpaired) electrons. The van der Waals surface area contributed by atoms with E-state index in [1.807, 2.05) is 24.3 Å². The summed E-state index contributed by atoms with van der Waals surface area (Å²) in [5, 5.41) is 41.8. The van der Waals surface area contributed by atoms with Crippen molar-refractivity contribution in [2.24, 2.45) is 0 Å². The molecule has 0 spiro atoms. The summed E-state index contributed by atoms with van der Waals surface area (Å²) < 4.78 is 22.5. The summed E-state index contributed by atoms with van der Waals surface area (Å²) in [7, 11) is 3.11. The maximum absolute atomic E-state index is 10.7. The van der Waals surface area contributed by atoms with Crippen LogP contribution in [0, 0.1) is 6.92 Å². The minimum Gasteiger partial charge on any atom is -0.497 e. The molecule has 0 aliphatic carbocycles. The molecule has 3 aromatic rings. The van der Waals surface area contributed by atoms with Crippen molar-refractivity contribution in [2.75, 3.05) is 20.8 Å². The molecule has 2 heterocycles. The Morgan fingerprint density at radius 2 is 1.70 bits per heavy atom. The maximum atomic E-state index is 10.7. The van der Waals surface area contributed by atoms with Crippen molar-refractivity contribution in [3.8, 4) is 11.5 Å². The fourth-order valence-corrected chi connectivity index (χ4v) is 4.61. The van der Waals surface area contributed by atoms with E-state index in [1.54, 1.807) is 20.1 Å². The molecule has 4 N–H and O–H groups in total. The van der Waals surface area contributed by atoms with Gasteiger partial charge in [0.1, 0.15) is 47.6 Å². The SMILES string of the molecule is COc1ccc(Cc2cc(C3OC(CO)C(O)C(O)C3O)c3oc(C)c(OC)c3c2Cl)cc1. The first-order valence-corrected chi connectivity index (χ1v) is 10.9. The van der Waals surface area contributed by atoms with E-state index in [1.165, 1.54) is 7.11 Å². The number of halogens is 1. The van der Waals surface area contributed by atoms with E-state index in [-0.39, 0.29) is 0 Å². The summed E-state index contributed by atoms with van der Waals surface area (Å²) in [5.41, 5.74) is 2.47. The number of benzene rings is 2. The van der Waals surface area contributed by atoms with Crippen LogP contribution in [-0.2, 0) is 11.2 Å². The van der Waals surface area contributed by atoms with Crippen LogP contribution < -0.4 is 9.47 Å². The van der Waals surface area contributed by atoms with Gasteiger partial charge in [-0.3, -0.25) is 0 Å². The molecular formula is C24H27ClO8. The zero-order valence-electron chi connectivity index (χ0n) is 18.5. The highest BCUT2D eigenvalue weighted by Gasteiger charge is 2.45. The van der Waals surface area contributed by atoms with Gasteiger partial charge in [0, 0.05) is 5.56 Å². The quantitative estimate of drug-likeness (QED) is 0.426. The monoisotopic (exact) mass is 478 g/mol. The lowest BCUT2D eigenvalue weighted by atomic mass is 9.89. The predicted molar refractivity (Wildman–Crippen MR) is 121 cm³/mol. The Morgan fingerprint density at radius 3 is 2.30 bits per heavy atom. The number of aliphatic hydroxyl groups excluding tert-OH is 4. The number of hydrogen-bond acceptors (Lipinski definition) is 8. The van der Waals surface area contributed by atoms with Gasteiger partial charge in [0.05, 0.1) is 31.2 Å². The predicted octanol–water partition coefficient (Wildman–Crippen LogP) is 2.52. The van der Waals surface area contributed by atoms with Gasteiger partial charge in [0.15, 0.2) is 5.75 Å². The molecule has 5 atom stereocenters. The zero-order chi connectivity index (χ0) is 23.9. The van der Waals surface area contributed by atoms with Crippen LogP contribution in [-0.4, -0.2) is 65.7 Å². The molecule has 0 amide bonds. The first-order chi connectivity index (χ1) is 15.8. The van der Waals surface area contributed by atoms with Crippen molar-refractivity contribution < 1.29 is 39.1 Å². The Morgan fingerprint density at radius 1 is 1.00 bits per heavy atom. The molecule has 1 fully saturated rings. The third kappa shape index (κ3) is 4.19. The van der Waals surface area contributed by atoms with Crippen LogP contribution in [0.4, 0.5) is 0 Å². The van der Waals surface area contributed by atoms with Crippen LogP contribution in [0.5, 0.6) is 11.5 Å². The Bertz CT molecular complexity index is 1120. The molecule has 33 heavy (non-hydrogen) atoms. The van der Waals surface area contributed by atoms with Gasteiger partial charge >= 0.3 is 0 Å². The summed E-state index contributed by atoms with van der Waals surface area (Å²) >= 11 is 6.80. The molecule has 1 saturated heterocycles. The highest BCUT2D eigenvalue weighted by atomic mass is 35.5. The zero-order valence-corrected chi connectivity index (χ0v) is 19.2. The second kappa shape index (κ2) is 9.50. The first kappa shape index (κ1) is 23.8. The van der Waals surface area contributed by atoms with Crippen molar-refractivity contribution in [2.45, 2.75) is 43.9 Å². The molecule has 4 rings (SSSR count). The van der Waals surface area contributed by atoms with Crippen LogP contribution in [0.3, 0.4) is 0 Å². The first-order valence-electron chi connectivity index (χ1n) is 10.5. The average Bonchev–Trinajstić information content (AvgIpc) is 3.16. The van der Waals surface area contributed by atoms with Crippen molar-refractivity contribution in [3.63, 3.8) is 0 Å². The number of rotatable bonds is 6. The van der Waals surface area contributed by atoms with Crippen molar-refractivity contribution in [1.82, 2.24) is 0 Å². The largest absolute Gasteiger partial charge is 0.497 e. The lowest BCUT2D eigenvalue weighted by Crippen LogP contribution is -2.55. The number of furan rings is 1. The smallest absolute Gasteiger partial charge is 0.169 e. The number of aliphatic hydroxyl groups is 4. The van der Waals surface area contributed by atoms with Crippen molar-refractivity contribution in [3.05, 3.63) is 57.8 Å². The Balaban J connectivity index is 1.87. The Hall–Kier alpha value is -2.33. The van der Waals surface area contributed by atoms with Gasteiger partial charge < -0.3 is 39.1 Å². The summed E-state index contributed by atoms with van der Waals surface area (Å²) in [6.45, 7) is 1.20. The molecule has 1 aliphatic heterocycles. The van der Waals surface area contributed by atoms with Gasteiger partial charge in [-0.1, -0.05) is 23.7 Å². The third-order valence-corrected chi connectivity index (χ3v) is 6.51. The lowest BCUT2D eigenvalue weighted by molar-refractivity contribution is -0.231. The standard InChI is InChI=1S/C24H27ClO8/c1-11-22(31-3)17-18(25)13(8-12-4-6-14(30-2)7-5-12)9-15(23(17)32-11)24-21(29)20(28)19(27)16(10-26)33-24/h4-7,9,16,19-21,24,26-29H,8,10H2,1-3H3. The van der Waals surface area contributed by atoms with E-state index in [0.717, 1.165) is 16.9 Å². The average molecular weight is 479 g/mol. The molecule has 5 unspecified atom stereocenters. The van der Waals surface area contributed by atoms with E-state index in [9.17, 15) is 20.4 Å². The van der Waals surface area contributed by atoms with Gasteiger partial charge in [-0.15, -0.1) is 0 Å². The molecule has 8 nitrogen and oxygen atoms in total. The maximum Gasteiger partial charge on any atom is 0.169 e. The summed E-state index contributed by atoms with van der Waals surface area (Å²) in [6.07, 6.45) is -6.12. The van der Waals surface area contributed by atoms with E-state index in [4.69, 9.17) is 30.2 Å². The Kier molecular flexibility index (Phi) is 6.86. The second-order valence-electron chi connectivity index (χ2n) is 8.11. The fraction of sp³-hybridized carbons (Fsp3) is 0.417. The number of methoxy groups -OCH3 is 2. The van der Waals surface area contributed by atoms with Gasteiger partial charge in [0.2, 0.25) is 0 Å². The van der Waals surface area contributed by atoms with E-state index < -0.39 is 37.1 Å². The summed E-state index contributed by atoms with van der Waals surface area (Å²) in [4.78, 5) is 0. The molecule has 0 bridgehead atoms. The van der Waals surface area contributed by atoms with Crippen LogP contribution >= 0.6 is 11.6 Å². The van der Waals surface area contributed by atoms with Gasteiger partial charge in [0.25, 0.3) is 0 Å². The van der Waals surface area contributed by atoms with E-state index in [2.05, 4.69) is 0 Å². The molecule has 2 aromatic carbocycles. The molecular weight excluding hydrogens is 452 g/mol. The molecule has 178 valence electrons. The fourth-order valence-electron chi connectivity index (χ4n) is 4.32. The number of ether oxygens (including phenoxy) is 3. The van der Waals surface area contributed by atoms with Crippen LogP contribution in [0.15, 0.2) is 34.7 Å². The van der Waals surface area contributed by atoms with E-state index >= 15 is 0 Å². The highest BCUT2D eigenvalue weighted by molar-refractivity contribution is 6.37. The van der Waals surface area contributed by atoms with Gasteiger partial charge in [-0.05, 0) is 42.7 Å². The normalized spacial score (nSPS) is 25.4. The minimum absolute atomic E-state index is 0.345. The summed E-state index contributed by atoms with van der Waals surface area (Å²) in [6, 6.07) is 9.30. The van der Waals surface area contributed by atoms with Gasteiger partial charge in [-0.2, -0.15) is 0 Å². The third-order valence-electron chi connectivity index (χ3n) is 6.08. The van der Waals surface area contributed by atoms with Crippen LogP contribution in [0.1, 0.15) is 28.6 Å². The highest BCUT2D eigenvalue weighted by Crippen LogP contribution is 2.45. The molecule has 1 aliphatic rings. The molecule has 1 aromatic heterocycles. The van der Waals surface area contributed by atoms with Crippen molar-refractivity contribution in [1.29, 1.82) is 0 Å². The molecule has 9 heteroatoms. The number of fused-ring (bicyclic) bond motifs is 1. The van der Waals surface area contributed by atoms with Crippen molar-refractivity contribution >= 4 is 22.6 Å².